The molecule has 4 atom stereocenters. The van der Waals surface area contributed by atoms with Gasteiger partial charge in [0, 0.05) is 5.69 Å². The molecule has 0 spiro atoms. The highest BCUT2D eigenvalue weighted by Gasteiger charge is 2.56. The largest absolute Gasteiger partial charge is 0.276 e. The number of aryl methyl sites for hydroxylation is 1. The van der Waals surface area contributed by atoms with Crippen molar-refractivity contribution in [2.45, 2.75) is 26.3 Å². The number of allylic oxidation sites excluding steroid dienone is 2. The lowest BCUT2D eigenvalue weighted by molar-refractivity contribution is -0.140. The summed E-state index contributed by atoms with van der Waals surface area (Å²) in [7, 11) is 0. The Morgan fingerprint density at radius 1 is 1.10 bits per heavy atom. The van der Waals surface area contributed by atoms with E-state index in [9.17, 15) is 9.59 Å². The number of hydrogen-bond acceptors (Lipinski definition) is 3. The molecule has 4 nitrogen and oxygen atoms in total. The molecule has 1 aliphatic heterocycles. The number of pyridine rings is 1. The number of likely N-dealkylation sites (tertiary alicyclic amines) is 1. The van der Waals surface area contributed by atoms with E-state index >= 15 is 0 Å². The number of amides is 2. The van der Waals surface area contributed by atoms with Gasteiger partial charge in [0.2, 0.25) is 11.8 Å². The Balaban J connectivity index is 1.63. The number of nitrogens with zero attached hydrogens (tertiary/aromatic N) is 2. The van der Waals surface area contributed by atoms with Gasteiger partial charge in [0.15, 0.2) is 0 Å². The van der Waals surface area contributed by atoms with Crippen molar-refractivity contribution in [1.29, 1.82) is 0 Å². The molecule has 1 saturated heterocycles. The molecule has 2 bridgehead atoms. The Kier molecular flexibility index (Phi) is 2.74. The van der Waals surface area contributed by atoms with Crippen LogP contribution in [0.4, 0.5) is 0 Å². The van der Waals surface area contributed by atoms with Gasteiger partial charge in [-0.1, -0.05) is 18.2 Å². The van der Waals surface area contributed by atoms with Gasteiger partial charge in [0.05, 0.1) is 24.1 Å². The van der Waals surface area contributed by atoms with E-state index in [1.807, 2.05) is 25.1 Å². The summed E-state index contributed by atoms with van der Waals surface area (Å²) in [6.07, 6.45) is 6.37. The first-order chi connectivity index (χ1) is 10.1. The van der Waals surface area contributed by atoms with Crippen LogP contribution in [0.1, 0.15) is 24.2 Å². The quantitative estimate of drug-likeness (QED) is 0.616. The Labute approximate surface area is 123 Å². The van der Waals surface area contributed by atoms with Gasteiger partial charge >= 0.3 is 0 Å². The molecule has 108 valence electrons. The second kappa shape index (κ2) is 4.52. The van der Waals surface area contributed by atoms with Gasteiger partial charge in [-0.25, -0.2) is 0 Å². The highest BCUT2D eigenvalue weighted by molar-refractivity contribution is 6.05. The third-order valence-electron chi connectivity index (χ3n) is 5.12. The minimum absolute atomic E-state index is 0.00681. The maximum Gasteiger partial charge on any atom is 0.234 e. The van der Waals surface area contributed by atoms with Gasteiger partial charge < -0.3 is 0 Å². The predicted octanol–water partition coefficient (Wildman–Crippen LogP) is 2.09. The third kappa shape index (κ3) is 1.85. The third-order valence-corrected chi connectivity index (χ3v) is 5.12. The van der Waals surface area contributed by atoms with Crippen LogP contribution in [0.25, 0.3) is 0 Å². The zero-order chi connectivity index (χ0) is 14.6. The summed E-state index contributed by atoms with van der Waals surface area (Å²) >= 11 is 0. The predicted molar refractivity (Wildman–Crippen MR) is 76.9 cm³/mol. The van der Waals surface area contributed by atoms with Crippen LogP contribution in [0, 0.1) is 30.6 Å². The van der Waals surface area contributed by atoms with Gasteiger partial charge in [-0.2, -0.15) is 0 Å². The summed E-state index contributed by atoms with van der Waals surface area (Å²) in [6.45, 7) is 2.23. The maximum atomic E-state index is 12.7. The van der Waals surface area contributed by atoms with Crippen molar-refractivity contribution in [2.24, 2.45) is 23.7 Å². The Bertz CT molecular complexity index is 620. The van der Waals surface area contributed by atoms with E-state index in [1.165, 1.54) is 4.90 Å². The summed E-state index contributed by atoms with van der Waals surface area (Å²) in [5.74, 6) is 0.288. The summed E-state index contributed by atoms with van der Waals surface area (Å²) < 4.78 is 0. The number of imide groups is 1. The minimum Gasteiger partial charge on any atom is -0.276 e. The summed E-state index contributed by atoms with van der Waals surface area (Å²) in [5, 5.41) is 0. The fourth-order valence-corrected chi connectivity index (χ4v) is 4.14. The number of carbonyl (C=O) groups is 2. The molecule has 4 unspecified atom stereocenters. The number of aromatic nitrogens is 1. The van der Waals surface area contributed by atoms with Crippen LogP contribution < -0.4 is 0 Å². The van der Waals surface area contributed by atoms with Gasteiger partial charge in [-0.3, -0.25) is 19.5 Å². The normalized spacial score (nSPS) is 33.7. The monoisotopic (exact) mass is 282 g/mol. The van der Waals surface area contributed by atoms with E-state index in [4.69, 9.17) is 0 Å². The van der Waals surface area contributed by atoms with Crippen LogP contribution in [0.2, 0.25) is 0 Å². The molecule has 1 aromatic rings. The van der Waals surface area contributed by atoms with Crippen molar-refractivity contribution in [2.75, 3.05) is 0 Å². The zero-order valence-corrected chi connectivity index (χ0v) is 12.0. The molecule has 0 aromatic carbocycles. The molecule has 21 heavy (non-hydrogen) atoms. The van der Waals surface area contributed by atoms with E-state index in [1.54, 1.807) is 0 Å². The lowest BCUT2D eigenvalue weighted by atomic mass is 9.63. The number of rotatable bonds is 2. The molecular formula is C17H18N2O2. The van der Waals surface area contributed by atoms with Crippen molar-refractivity contribution in [1.82, 2.24) is 9.88 Å². The van der Waals surface area contributed by atoms with Gasteiger partial charge in [0.1, 0.15) is 0 Å². The van der Waals surface area contributed by atoms with Crippen molar-refractivity contribution in [3.63, 3.8) is 0 Å². The van der Waals surface area contributed by atoms with Crippen LogP contribution in [-0.4, -0.2) is 21.7 Å². The van der Waals surface area contributed by atoms with Gasteiger partial charge in [0.25, 0.3) is 0 Å². The summed E-state index contributed by atoms with van der Waals surface area (Å²) in [6, 6.07) is 5.71. The molecule has 0 N–H and O–H groups in total. The molecule has 4 heteroatoms. The van der Waals surface area contributed by atoms with Crippen LogP contribution in [0.15, 0.2) is 30.4 Å². The first-order valence-electron chi connectivity index (χ1n) is 7.61. The minimum atomic E-state index is -0.119. The van der Waals surface area contributed by atoms with Crippen molar-refractivity contribution in [3.05, 3.63) is 41.7 Å². The van der Waals surface area contributed by atoms with E-state index in [-0.39, 0.29) is 35.5 Å². The molecule has 3 aliphatic carbocycles. The maximum absolute atomic E-state index is 12.7. The van der Waals surface area contributed by atoms with E-state index in [0.717, 1.165) is 24.2 Å². The average molecular weight is 282 g/mol. The Morgan fingerprint density at radius 3 is 2.24 bits per heavy atom. The molecular weight excluding hydrogens is 264 g/mol. The Hall–Kier alpha value is -1.97. The fraction of sp³-hybridized carbons (Fsp3) is 0.471. The molecule has 1 aromatic heterocycles. The van der Waals surface area contributed by atoms with Crippen molar-refractivity contribution >= 4 is 11.8 Å². The molecule has 0 radical (unpaired) electrons. The zero-order valence-electron chi connectivity index (χ0n) is 12.0. The second-order valence-electron chi connectivity index (χ2n) is 6.37. The van der Waals surface area contributed by atoms with Crippen molar-refractivity contribution in [3.8, 4) is 0 Å². The van der Waals surface area contributed by atoms with E-state index in [0.29, 0.717) is 6.54 Å². The topological polar surface area (TPSA) is 50.3 Å². The molecule has 5 rings (SSSR count). The number of hydrogen-bond donors (Lipinski definition) is 0. The summed E-state index contributed by atoms with van der Waals surface area (Å²) in [4.78, 5) is 31.2. The standard InChI is InChI=1S/C17H18N2O2/c1-10-3-2-4-13(18-10)9-19-16(20)14-11-5-6-12(8-7-11)15(14)17(19)21/h2-6,11-12,14-15H,7-9H2,1H3. The van der Waals surface area contributed by atoms with Crippen molar-refractivity contribution < 1.29 is 9.59 Å². The highest BCUT2D eigenvalue weighted by atomic mass is 16.2. The van der Waals surface area contributed by atoms with E-state index in [2.05, 4.69) is 17.1 Å². The first kappa shape index (κ1) is 12.7. The molecule has 1 saturated carbocycles. The lowest BCUT2D eigenvalue weighted by Crippen LogP contribution is -2.38. The fourth-order valence-electron chi connectivity index (χ4n) is 4.14. The molecule has 4 aliphatic rings. The second-order valence-corrected chi connectivity index (χ2v) is 6.37. The van der Waals surface area contributed by atoms with Gasteiger partial charge in [-0.15, -0.1) is 0 Å². The molecule has 2 amide bonds. The van der Waals surface area contributed by atoms with Crippen LogP contribution >= 0.6 is 0 Å². The lowest BCUT2D eigenvalue weighted by Gasteiger charge is -2.38. The molecule has 2 fully saturated rings. The van der Waals surface area contributed by atoms with Crippen LogP contribution in [-0.2, 0) is 16.1 Å². The van der Waals surface area contributed by atoms with E-state index < -0.39 is 0 Å². The van der Waals surface area contributed by atoms with Gasteiger partial charge in [-0.05, 0) is 43.7 Å². The highest BCUT2D eigenvalue weighted by Crippen LogP contribution is 2.49. The SMILES string of the molecule is Cc1cccc(CN2C(=O)C3C4C=CC(CC4)C3C2=O)n1. The summed E-state index contributed by atoms with van der Waals surface area (Å²) in [5.41, 5.74) is 1.70. The number of fused-ring (bicyclic) bond motifs is 1. The first-order valence-corrected chi connectivity index (χ1v) is 7.61. The number of carbonyl (C=O) groups excluding carboxylic acids is 2. The Morgan fingerprint density at radius 2 is 1.71 bits per heavy atom. The smallest absolute Gasteiger partial charge is 0.234 e. The molecule has 2 heterocycles. The van der Waals surface area contributed by atoms with Crippen LogP contribution in [0.3, 0.4) is 0 Å². The van der Waals surface area contributed by atoms with Crippen LogP contribution in [0.5, 0.6) is 0 Å². The average Bonchev–Trinajstić information content (AvgIpc) is 2.76.